The molecule has 1 aliphatic carbocycles. The maximum Gasteiger partial charge on any atom is 0.250 e. The van der Waals surface area contributed by atoms with E-state index in [1.54, 1.807) is 16.8 Å². The van der Waals surface area contributed by atoms with Gasteiger partial charge in [-0.25, -0.2) is 0 Å². The predicted molar refractivity (Wildman–Crippen MR) is 70.4 cm³/mol. The molecule has 1 heterocycles. The largest absolute Gasteiger partial charge is 0.323 e. The number of nitrogens with one attached hydrogen (secondary N) is 1. The fourth-order valence-corrected chi connectivity index (χ4v) is 2.34. The Kier molecular flexibility index (Phi) is 3.52. The molecule has 5 heteroatoms. The lowest BCUT2D eigenvalue weighted by Crippen LogP contribution is -2.48. The van der Waals surface area contributed by atoms with Crippen LogP contribution in [0.1, 0.15) is 32.6 Å². The number of amides is 1. The summed E-state index contributed by atoms with van der Waals surface area (Å²) >= 11 is 0. The van der Waals surface area contributed by atoms with E-state index in [-0.39, 0.29) is 11.5 Å². The molecule has 0 unspecified atom stereocenters. The van der Waals surface area contributed by atoms with Crippen molar-refractivity contribution in [3.05, 3.63) is 28.7 Å². The summed E-state index contributed by atoms with van der Waals surface area (Å²) in [6.07, 6.45) is 5.10. The Morgan fingerprint density at radius 2 is 2.11 bits per heavy atom. The molecule has 0 saturated heterocycles. The van der Waals surface area contributed by atoms with Crippen molar-refractivity contribution in [3.8, 4) is 0 Å². The van der Waals surface area contributed by atoms with Crippen LogP contribution in [0.4, 0.5) is 5.69 Å². The molecule has 0 bridgehead atoms. The van der Waals surface area contributed by atoms with Crippen LogP contribution in [0, 0.1) is 0 Å². The summed E-state index contributed by atoms with van der Waals surface area (Å²) in [4.78, 5) is 23.5. The lowest BCUT2D eigenvalue weighted by atomic mass is 9.98. The summed E-state index contributed by atoms with van der Waals surface area (Å²) in [5.74, 6) is -0.152. The summed E-state index contributed by atoms with van der Waals surface area (Å²) in [6.45, 7) is 2.46. The van der Waals surface area contributed by atoms with E-state index in [1.807, 2.05) is 6.92 Å². The highest BCUT2D eigenvalue weighted by Gasteiger charge is 2.36. The molecule has 2 rings (SSSR count). The Labute approximate surface area is 106 Å². The van der Waals surface area contributed by atoms with E-state index in [2.05, 4.69) is 5.32 Å². The normalized spacial score (nSPS) is 17.7. The van der Waals surface area contributed by atoms with E-state index >= 15 is 0 Å². The van der Waals surface area contributed by atoms with Crippen LogP contribution in [0.15, 0.2) is 23.1 Å². The number of carbonyl (C=O) groups excluding carboxylic acids is 1. The second-order valence-electron chi connectivity index (χ2n) is 4.86. The number of carbonyl (C=O) groups is 1. The minimum absolute atomic E-state index is 0.0705. The van der Waals surface area contributed by atoms with Gasteiger partial charge in [-0.2, -0.15) is 0 Å². The number of rotatable bonds is 3. The Morgan fingerprint density at radius 1 is 1.44 bits per heavy atom. The second kappa shape index (κ2) is 4.94. The van der Waals surface area contributed by atoms with Crippen LogP contribution in [0.3, 0.4) is 0 Å². The van der Waals surface area contributed by atoms with Crippen molar-refractivity contribution in [1.29, 1.82) is 0 Å². The number of nitrogens with zero attached hydrogens (tertiary/aromatic N) is 1. The monoisotopic (exact) mass is 249 g/mol. The smallest absolute Gasteiger partial charge is 0.250 e. The number of anilines is 1. The van der Waals surface area contributed by atoms with E-state index in [9.17, 15) is 9.59 Å². The molecule has 1 aromatic rings. The Morgan fingerprint density at radius 3 is 2.72 bits per heavy atom. The van der Waals surface area contributed by atoms with E-state index in [0.717, 1.165) is 25.7 Å². The van der Waals surface area contributed by atoms with E-state index < -0.39 is 5.54 Å². The van der Waals surface area contributed by atoms with Gasteiger partial charge in [0.15, 0.2) is 0 Å². The molecule has 98 valence electrons. The van der Waals surface area contributed by atoms with Gasteiger partial charge in [0, 0.05) is 18.8 Å². The van der Waals surface area contributed by atoms with Gasteiger partial charge >= 0.3 is 0 Å². The van der Waals surface area contributed by atoms with Gasteiger partial charge in [0.1, 0.15) is 0 Å². The lowest BCUT2D eigenvalue weighted by molar-refractivity contribution is -0.121. The summed E-state index contributed by atoms with van der Waals surface area (Å²) in [5.41, 5.74) is 5.88. The molecule has 0 aromatic carbocycles. The highest BCUT2D eigenvalue weighted by atomic mass is 16.2. The van der Waals surface area contributed by atoms with Crippen molar-refractivity contribution < 1.29 is 4.79 Å². The van der Waals surface area contributed by atoms with Crippen molar-refractivity contribution in [3.63, 3.8) is 0 Å². The summed E-state index contributed by atoms with van der Waals surface area (Å²) in [5, 5.41) is 2.80. The first-order valence-electron chi connectivity index (χ1n) is 6.36. The minimum atomic E-state index is -0.743. The zero-order chi connectivity index (χ0) is 13.2. The first-order valence-corrected chi connectivity index (χ1v) is 6.36. The molecule has 1 amide bonds. The average Bonchev–Trinajstić information content (AvgIpc) is 2.80. The molecule has 0 atom stereocenters. The molecule has 1 aliphatic rings. The Balaban J connectivity index is 2.14. The SMILES string of the molecule is CCn1cc(NC(=O)C2(N)CCCC2)ccc1=O. The molecule has 0 spiro atoms. The first-order chi connectivity index (χ1) is 8.55. The van der Waals surface area contributed by atoms with Crippen LogP contribution in [-0.2, 0) is 11.3 Å². The summed E-state index contributed by atoms with van der Waals surface area (Å²) in [7, 11) is 0. The van der Waals surface area contributed by atoms with Gasteiger partial charge in [0.25, 0.3) is 5.56 Å². The van der Waals surface area contributed by atoms with Crippen molar-refractivity contribution in [1.82, 2.24) is 4.57 Å². The topological polar surface area (TPSA) is 77.1 Å². The molecule has 5 nitrogen and oxygen atoms in total. The van der Waals surface area contributed by atoms with Crippen LogP contribution < -0.4 is 16.6 Å². The second-order valence-corrected chi connectivity index (χ2v) is 4.86. The lowest BCUT2D eigenvalue weighted by Gasteiger charge is -2.22. The zero-order valence-corrected chi connectivity index (χ0v) is 10.6. The number of hydrogen-bond acceptors (Lipinski definition) is 3. The van der Waals surface area contributed by atoms with Gasteiger partial charge in [0.2, 0.25) is 5.91 Å². The van der Waals surface area contributed by atoms with E-state index in [4.69, 9.17) is 5.73 Å². The van der Waals surface area contributed by atoms with Crippen LogP contribution in [0.2, 0.25) is 0 Å². The van der Waals surface area contributed by atoms with Gasteiger partial charge in [-0.05, 0) is 25.8 Å². The fraction of sp³-hybridized carbons (Fsp3) is 0.538. The average molecular weight is 249 g/mol. The molecular weight excluding hydrogens is 230 g/mol. The first kappa shape index (κ1) is 12.8. The fourth-order valence-electron chi connectivity index (χ4n) is 2.34. The van der Waals surface area contributed by atoms with Crippen LogP contribution in [0.25, 0.3) is 0 Å². The molecule has 1 saturated carbocycles. The molecule has 18 heavy (non-hydrogen) atoms. The molecule has 1 fully saturated rings. The maximum absolute atomic E-state index is 12.1. The molecule has 0 aliphatic heterocycles. The van der Waals surface area contributed by atoms with Crippen LogP contribution in [-0.4, -0.2) is 16.0 Å². The number of pyridine rings is 1. The number of nitrogens with two attached hydrogens (primary N) is 1. The number of aryl methyl sites for hydroxylation is 1. The molecule has 0 radical (unpaired) electrons. The van der Waals surface area contributed by atoms with Gasteiger partial charge in [0.05, 0.1) is 11.2 Å². The summed E-state index contributed by atoms with van der Waals surface area (Å²) in [6, 6.07) is 3.07. The molecule has 1 aromatic heterocycles. The van der Waals surface area contributed by atoms with Crippen LogP contribution >= 0.6 is 0 Å². The maximum atomic E-state index is 12.1. The quantitative estimate of drug-likeness (QED) is 0.841. The Hall–Kier alpha value is -1.62. The van der Waals surface area contributed by atoms with Crippen molar-refractivity contribution in [2.45, 2.75) is 44.7 Å². The third-order valence-corrected chi connectivity index (χ3v) is 3.53. The van der Waals surface area contributed by atoms with Crippen LogP contribution in [0.5, 0.6) is 0 Å². The van der Waals surface area contributed by atoms with Gasteiger partial charge < -0.3 is 15.6 Å². The van der Waals surface area contributed by atoms with E-state index in [0.29, 0.717) is 12.2 Å². The van der Waals surface area contributed by atoms with Gasteiger partial charge in [-0.15, -0.1) is 0 Å². The minimum Gasteiger partial charge on any atom is -0.323 e. The molecular formula is C13H19N3O2. The number of aromatic nitrogens is 1. The summed E-state index contributed by atoms with van der Waals surface area (Å²) < 4.78 is 1.55. The van der Waals surface area contributed by atoms with Crippen molar-refractivity contribution >= 4 is 11.6 Å². The van der Waals surface area contributed by atoms with Gasteiger partial charge in [-0.3, -0.25) is 9.59 Å². The highest BCUT2D eigenvalue weighted by Crippen LogP contribution is 2.28. The van der Waals surface area contributed by atoms with Crippen molar-refractivity contribution in [2.75, 3.05) is 5.32 Å². The van der Waals surface area contributed by atoms with E-state index in [1.165, 1.54) is 6.07 Å². The van der Waals surface area contributed by atoms with Crippen molar-refractivity contribution in [2.24, 2.45) is 5.73 Å². The third kappa shape index (κ3) is 2.46. The third-order valence-electron chi connectivity index (χ3n) is 3.53. The standard InChI is InChI=1S/C13H19N3O2/c1-2-16-9-10(5-6-11(16)17)15-12(18)13(14)7-3-4-8-13/h5-6,9H,2-4,7-8,14H2,1H3,(H,15,18). The molecule has 3 N–H and O–H groups in total. The number of hydrogen-bond donors (Lipinski definition) is 2. The highest BCUT2D eigenvalue weighted by molar-refractivity contribution is 5.98. The van der Waals surface area contributed by atoms with Gasteiger partial charge in [-0.1, -0.05) is 12.8 Å². The Bertz CT molecular complexity index is 501. The zero-order valence-electron chi connectivity index (χ0n) is 10.6. The predicted octanol–water partition coefficient (Wildman–Crippen LogP) is 1.08.